The highest BCUT2D eigenvalue weighted by atomic mass is 35.7. The number of phenols is 2. The largest absolute Gasteiger partial charge is 0.505 e. The predicted molar refractivity (Wildman–Crippen MR) is 341 cm³/mol. The van der Waals surface area contributed by atoms with Crippen molar-refractivity contribution in [1.82, 2.24) is 0 Å². The molecule has 0 aliphatic rings. The van der Waals surface area contributed by atoms with E-state index >= 15 is 0 Å². The Kier molecular flexibility index (Phi) is 24.8. The number of methoxy groups -OCH3 is 4. The van der Waals surface area contributed by atoms with Gasteiger partial charge in [-0.25, -0.2) is 25.3 Å². The number of nitrogens with one attached hydrogen (secondary N) is 2. The standard InChI is InChI=1S/C20H17Cl2NO4S.C19H15Cl2NO4S.C13H13NO.C6H3Cl3O3S.CH3F/c1-26-18-9-8-14(13-6-4-3-5-7-13)10-17(18)23-28(24,25)19-12-15(21)11-16(22)20(19)27-2;1-26-17-8-7-13(12-5-3-2-4-6-12)9-16(17)22-27(24,25)18-11-14(20)10-15(21)19(18)23;1-15-13-8-7-11(9-12(13)14)10-5-3-2-4-6-10;7-3-1-4(8)6(10)5(2-3)13(9,11)12;1-2/h3-12,23H,1-2H3;2-11,22-23H,1H3;2-9H,14H2,1H3;1-2,10H;1H3/i;;;;1D. The molecule has 0 radical (unpaired) electrons. The van der Waals surface area contributed by atoms with Crippen molar-refractivity contribution < 1.29 is 60.2 Å². The second-order valence-electron chi connectivity index (χ2n) is 16.9. The lowest BCUT2D eigenvalue weighted by Crippen LogP contribution is -2.15. The lowest BCUT2D eigenvalue weighted by Gasteiger charge is -2.16. The molecule has 9 aromatic carbocycles. The van der Waals surface area contributed by atoms with Crippen LogP contribution in [0.15, 0.2) is 197 Å². The lowest BCUT2D eigenvalue weighted by molar-refractivity contribution is 0.403. The number of rotatable bonds is 14. The maximum atomic E-state index is 13.0. The molecule has 0 atom stereocenters. The topological polar surface area (TPSA) is 230 Å². The zero-order valence-corrected chi connectivity index (χ0v) is 52.6. The number of alkyl halides is 1. The van der Waals surface area contributed by atoms with Crippen LogP contribution in [0.25, 0.3) is 33.4 Å². The zero-order valence-electron chi connectivity index (χ0n) is 45.8. The van der Waals surface area contributed by atoms with Crippen LogP contribution in [-0.4, -0.2) is 71.1 Å². The van der Waals surface area contributed by atoms with Gasteiger partial charge in [-0.05, 0) is 106 Å². The van der Waals surface area contributed by atoms with Gasteiger partial charge in [0, 0.05) is 25.8 Å². The Morgan fingerprint density at radius 3 is 1.13 bits per heavy atom. The van der Waals surface area contributed by atoms with Gasteiger partial charge in [-0.3, -0.25) is 13.8 Å². The highest BCUT2D eigenvalue weighted by Crippen LogP contribution is 2.41. The number of aromatic hydroxyl groups is 2. The Morgan fingerprint density at radius 2 is 0.765 bits per heavy atom. The van der Waals surface area contributed by atoms with Crippen molar-refractivity contribution in [1.29, 1.82) is 0 Å². The SMILES string of the molecule is COc1ccc(-c2ccccc2)cc1N.COc1ccc(-c2ccccc2)cc1NS(=O)(=O)c1cc(Cl)cc(Cl)c1O.COc1ccc(-c2ccccc2)cc1NS(=O)(=O)c1cc(Cl)cc(Cl)c1OC.O=S(=O)(Cl)c1cc(Cl)cc(Cl)c1O.[2H]CF. The molecule has 0 aliphatic heterocycles. The Labute approximate surface area is 528 Å². The normalized spacial score (nSPS) is 11.0. The van der Waals surface area contributed by atoms with E-state index < -0.39 is 57.5 Å². The van der Waals surface area contributed by atoms with E-state index in [-0.39, 0.29) is 52.2 Å². The number of ether oxygens (including phenoxy) is 4. The second kappa shape index (κ2) is 31.4. The number of phenolic OH excluding ortho intramolecular Hbond substituents is 2. The summed E-state index contributed by atoms with van der Waals surface area (Å²) in [6, 6.07) is 52.7. The van der Waals surface area contributed by atoms with Crippen molar-refractivity contribution >= 4 is 126 Å². The van der Waals surface area contributed by atoms with Crippen molar-refractivity contribution in [3.63, 3.8) is 0 Å². The Hall–Kier alpha value is -7.01. The van der Waals surface area contributed by atoms with Gasteiger partial charge in [-0.2, -0.15) is 0 Å². The highest BCUT2D eigenvalue weighted by Gasteiger charge is 2.26. The van der Waals surface area contributed by atoms with Crippen LogP contribution in [0.2, 0.25) is 30.1 Å². The van der Waals surface area contributed by atoms with Crippen molar-refractivity contribution in [2.45, 2.75) is 14.7 Å². The number of hydrogen-bond acceptors (Lipinski definition) is 13. The molecule has 448 valence electrons. The molecule has 9 aromatic rings. The molecule has 0 spiro atoms. The fourth-order valence-corrected chi connectivity index (χ4v) is 12.9. The summed E-state index contributed by atoms with van der Waals surface area (Å²) in [5.41, 5.74) is 12.7. The fourth-order valence-electron chi connectivity index (χ4n) is 7.55. The van der Waals surface area contributed by atoms with Crippen LogP contribution in [-0.2, 0) is 29.1 Å². The van der Waals surface area contributed by atoms with Crippen LogP contribution in [0, 0.1) is 0 Å². The molecule has 0 unspecified atom stereocenters. The minimum atomic E-state index is -4.17. The zero-order chi connectivity index (χ0) is 63.5. The first kappa shape index (κ1) is 67.1. The molecule has 0 aliphatic carbocycles. The predicted octanol–water partition coefficient (Wildman–Crippen LogP) is 16.8. The van der Waals surface area contributed by atoms with E-state index in [2.05, 4.69) is 21.6 Å². The summed E-state index contributed by atoms with van der Waals surface area (Å²) < 4.78 is 115. The lowest BCUT2D eigenvalue weighted by atomic mass is 10.1. The average molecular weight is 1360 g/mol. The molecule has 0 bridgehead atoms. The summed E-state index contributed by atoms with van der Waals surface area (Å²) >= 11 is 34.8. The average Bonchev–Trinajstić information content (AvgIpc) is 1.62. The van der Waals surface area contributed by atoms with Crippen molar-refractivity contribution in [2.75, 3.05) is 50.8 Å². The van der Waals surface area contributed by atoms with Gasteiger partial charge >= 0.3 is 0 Å². The molecule has 0 aromatic heterocycles. The third-order valence-electron chi connectivity index (χ3n) is 11.4. The Bertz CT molecular complexity index is 4140. The van der Waals surface area contributed by atoms with Gasteiger partial charge in [0.1, 0.15) is 31.9 Å². The number of nitrogens with two attached hydrogens (primary N) is 1. The van der Waals surface area contributed by atoms with Crippen molar-refractivity contribution in [3.8, 4) is 67.9 Å². The van der Waals surface area contributed by atoms with Crippen LogP contribution < -0.4 is 34.1 Å². The Balaban J connectivity index is 0.000000215. The third kappa shape index (κ3) is 18.7. The molecular weight excluding hydrogens is 1310 g/mol. The fraction of sp³-hybridized carbons (Fsp3) is 0.0847. The van der Waals surface area contributed by atoms with E-state index in [1.165, 1.54) is 45.6 Å². The van der Waals surface area contributed by atoms with E-state index in [0.29, 0.717) is 17.2 Å². The summed E-state index contributed by atoms with van der Waals surface area (Å²) in [4.78, 5) is -1.08. The van der Waals surface area contributed by atoms with Gasteiger partial charge < -0.3 is 34.9 Å². The smallest absolute Gasteiger partial charge is 0.265 e. The van der Waals surface area contributed by atoms with Crippen LogP contribution >= 0.6 is 80.3 Å². The van der Waals surface area contributed by atoms with E-state index in [9.17, 15) is 39.9 Å². The number of nitrogen functional groups attached to an aromatic ring is 1. The van der Waals surface area contributed by atoms with Crippen molar-refractivity contribution in [2.24, 2.45) is 0 Å². The van der Waals surface area contributed by atoms with Gasteiger partial charge in [-0.1, -0.05) is 179 Å². The molecule has 0 heterocycles. The van der Waals surface area contributed by atoms with Crippen LogP contribution in [0.4, 0.5) is 21.5 Å². The quantitative estimate of drug-likeness (QED) is 0.0505. The number of hydrogen-bond donors (Lipinski definition) is 5. The monoisotopic (exact) mass is 1350 g/mol. The molecule has 9 rings (SSSR count). The number of benzene rings is 9. The number of anilines is 3. The van der Waals surface area contributed by atoms with E-state index in [4.69, 9.17) is 106 Å². The van der Waals surface area contributed by atoms with Gasteiger partial charge in [0.15, 0.2) is 17.2 Å². The summed E-state index contributed by atoms with van der Waals surface area (Å²) in [7, 11) is -2.39. The highest BCUT2D eigenvalue weighted by molar-refractivity contribution is 8.13. The summed E-state index contributed by atoms with van der Waals surface area (Å²) in [5, 5.41) is 19.4. The minimum absolute atomic E-state index is 0.0109. The molecule has 26 heteroatoms. The maximum absolute atomic E-state index is 13.0. The van der Waals surface area contributed by atoms with Gasteiger partial charge in [0.25, 0.3) is 29.1 Å². The summed E-state index contributed by atoms with van der Waals surface area (Å²) in [5.74, 6) is 0.250. The van der Waals surface area contributed by atoms with E-state index in [1.54, 1.807) is 31.4 Å². The first-order valence-corrected chi connectivity index (χ1v) is 31.5. The van der Waals surface area contributed by atoms with Gasteiger partial charge in [0.2, 0.25) is 0 Å². The minimum Gasteiger partial charge on any atom is -0.505 e. The summed E-state index contributed by atoms with van der Waals surface area (Å²) in [6.07, 6.45) is 0. The number of halogens is 8. The first-order valence-electron chi connectivity index (χ1n) is 24.6. The molecule has 15 nitrogen and oxygen atoms in total. The van der Waals surface area contributed by atoms with Crippen LogP contribution in [0.1, 0.15) is 1.37 Å². The molecule has 85 heavy (non-hydrogen) atoms. The molecule has 0 saturated carbocycles. The molecule has 0 fully saturated rings. The van der Waals surface area contributed by atoms with Crippen molar-refractivity contribution in [3.05, 3.63) is 212 Å². The van der Waals surface area contributed by atoms with Gasteiger partial charge in [0.05, 0.1) is 69.1 Å². The van der Waals surface area contributed by atoms with Gasteiger partial charge in [-0.15, -0.1) is 0 Å². The molecule has 6 N–H and O–H groups in total. The van der Waals surface area contributed by atoms with E-state index in [0.717, 1.165) is 51.3 Å². The second-order valence-corrected chi connectivity index (χ2v) is 25.3. The van der Waals surface area contributed by atoms with E-state index in [1.807, 2.05) is 109 Å². The third-order valence-corrected chi connectivity index (χ3v) is 17.0. The first-order chi connectivity index (χ1) is 40.7. The molecular formula is C59H51Cl7FN3O12S3. The van der Waals surface area contributed by atoms with Crippen LogP contribution in [0.3, 0.4) is 0 Å². The molecule has 0 amide bonds. The van der Waals surface area contributed by atoms with Crippen LogP contribution in [0.5, 0.6) is 34.5 Å². The maximum Gasteiger partial charge on any atom is 0.265 e. The summed E-state index contributed by atoms with van der Waals surface area (Å²) in [6.45, 7) is 0. The Morgan fingerprint density at radius 1 is 0.435 bits per heavy atom. The molecule has 0 saturated heterocycles. The number of sulfonamides is 2.